The summed E-state index contributed by atoms with van der Waals surface area (Å²) in [4.78, 5) is 7.54. The Kier molecular flexibility index (Phi) is 3.54. The second-order valence-corrected chi connectivity index (χ2v) is 6.17. The molecule has 1 aromatic carbocycles. The van der Waals surface area contributed by atoms with Crippen LogP contribution in [0, 0.1) is 17.4 Å². The zero-order valence-corrected chi connectivity index (χ0v) is 12.4. The van der Waals surface area contributed by atoms with Crippen LogP contribution in [0.3, 0.4) is 0 Å². The molecule has 0 aliphatic rings. The summed E-state index contributed by atoms with van der Waals surface area (Å²) in [6.07, 6.45) is 0. The molecule has 1 N–H and O–H groups in total. The molecule has 0 atom stereocenters. The molecule has 1 aromatic heterocycles. The first-order chi connectivity index (χ1) is 8.75. The topological polar surface area (TPSA) is 28.7 Å². The summed E-state index contributed by atoms with van der Waals surface area (Å²) in [6.45, 7) is 8.13. The van der Waals surface area contributed by atoms with Gasteiger partial charge in [0.05, 0.1) is 0 Å². The Morgan fingerprint density at radius 1 is 1.16 bits per heavy atom. The maximum absolute atomic E-state index is 13.5. The number of rotatable bonds is 1. The summed E-state index contributed by atoms with van der Waals surface area (Å²) in [5.74, 6) is 0.345. The van der Waals surface area contributed by atoms with Crippen molar-refractivity contribution in [2.24, 2.45) is 0 Å². The molecule has 0 amide bonds. The summed E-state index contributed by atoms with van der Waals surface area (Å²) in [5.41, 5.74) is 2.50. The Morgan fingerprint density at radius 3 is 2.42 bits per heavy atom. The van der Waals surface area contributed by atoms with Crippen LogP contribution in [0.4, 0.5) is 4.39 Å². The summed E-state index contributed by atoms with van der Waals surface area (Å²) in [6, 6.07) is 6.70. The summed E-state index contributed by atoms with van der Waals surface area (Å²) < 4.78 is 14.0. The van der Waals surface area contributed by atoms with Crippen molar-refractivity contribution < 1.29 is 4.39 Å². The van der Waals surface area contributed by atoms with Crippen molar-refractivity contribution in [3.05, 3.63) is 46.0 Å². The molecule has 0 bridgehead atoms. The van der Waals surface area contributed by atoms with Gasteiger partial charge in [0.15, 0.2) is 0 Å². The fourth-order valence-electron chi connectivity index (χ4n) is 1.87. The number of H-pyrrole nitrogens is 1. The zero-order valence-electron chi connectivity index (χ0n) is 11.5. The highest BCUT2D eigenvalue weighted by Crippen LogP contribution is 2.24. The van der Waals surface area contributed by atoms with Gasteiger partial charge in [0, 0.05) is 16.7 Å². The monoisotopic (exact) mass is 276 g/mol. The second kappa shape index (κ2) is 4.85. The van der Waals surface area contributed by atoms with E-state index in [2.05, 4.69) is 30.7 Å². The molecule has 0 aliphatic heterocycles. The molecule has 0 radical (unpaired) electrons. The number of nitrogens with zero attached hydrogens (tertiary/aromatic N) is 1. The van der Waals surface area contributed by atoms with Crippen LogP contribution in [0.15, 0.2) is 24.3 Å². The van der Waals surface area contributed by atoms with Gasteiger partial charge in [-0.05, 0) is 36.8 Å². The summed E-state index contributed by atoms with van der Waals surface area (Å²) in [7, 11) is 0. The van der Waals surface area contributed by atoms with E-state index in [1.54, 1.807) is 0 Å². The molecule has 19 heavy (non-hydrogen) atoms. The highest BCUT2D eigenvalue weighted by molar-refractivity contribution is 7.71. The highest BCUT2D eigenvalue weighted by atomic mass is 32.1. The van der Waals surface area contributed by atoms with Gasteiger partial charge in [-0.1, -0.05) is 33.0 Å². The molecule has 0 spiro atoms. The Bertz CT molecular complexity index is 648. The highest BCUT2D eigenvalue weighted by Gasteiger charge is 2.16. The van der Waals surface area contributed by atoms with Crippen LogP contribution in [0.2, 0.25) is 0 Å². The van der Waals surface area contributed by atoms with Crippen LogP contribution in [0.25, 0.3) is 11.4 Å². The number of aromatic nitrogens is 2. The lowest BCUT2D eigenvalue weighted by molar-refractivity contribution is 0.567. The molecule has 4 heteroatoms. The van der Waals surface area contributed by atoms with Crippen LogP contribution < -0.4 is 0 Å². The van der Waals surface area contributed by atoms with Crippen molar-refractivity contribution in [2.75, 3.05) is 0 Å². The Balaban J connectivity index is 2.63. The van der Waals surface area contributed by atoms with E-state index in [4.69, 9.17) is 12.2 Å². The number of hydrogen-bond acceptors (Lipinski definition) is 2. The first kappa shape index (κ1) is 13.9. The molecule has 0 fully saturated rings. The van der Waals surface area contributed by atoms with E-state index in [0.29, 0.717) is 10.5 Å². The van der Waals surface area contributed by atoms with E-state index >= 15 is 0 Å². The molecule has 0 aliphatic carbocycles. The van der Waals surface area contributed by atoms with Gasteiger partial charge in [-0.3, -0.25) is 0 Å². The van der Waals surface area contributed by atoms with Gasteiger partial charge < -0.3 is 4.98 Å². The average Bonchev–Trinajstić information content (AvgIpc) is 2.25. The Labute approximate surface area is 117 Å². The predicted octanol–water partition coefficient (Wildman–Crippen LogP) is 4.55. The van der Waals surface area contributed by atoms with Crippen LogP contribution in [0.5, 0.6) is 0 Å². The number of halogens is 1. The maximum Gasteiger partial charge on any atom is 0.139 e. The molecule has 2 aromatic rings. The number of nitrogens with one attached hydrogen (secondary N) is 1. The van der Waals surface area contributed by atoms with Crippen LogP contribution in [-0.2, 0) is 5.41 Å². The molecular weight excluding hydrogens is 259 g/mol. The van der Waals surface area contributed by atoms with E-state index in [1.165, 1.54) is 12.1 Å². The van der Waals surface area contributed by atoms with Gasteiger partial charge >= 0.3 is 0 Å². The first-order valence-electron chi connectivity index (χ1n) is 6.15. The van der Waals surface area contributed by atoms with Crippen molar-refractivity contribution in [1.82, 2.24) is 9.97 Å². The summed E-state index contributed by atoms with van der Waals surface area (Å²) >= 11 is 5.20. The number of hydrogen-bond donors (Lipinski definition) is 1. The van der Waals surface area contributed by atoms with Gasteiger partial charge in [-0.25, -0.2) is 9.37 Å². The summed E-state index contributed by atoms with van der Waals surface area (Å²) in [5, 5.41) is 0. The molecule has 0 saturated heterocycles. The molecular formula is C15H17FN2S. The minimum atomic E-state index is -0.266. The molecule has 2 rings (SSSR count). The van der Waals surface area contributed by atoms with E-state index in [1.807, 2.05) is 19.1 Å². The third-order valence-electron chi connectivity index (χ3n) is 2.87. The van der Waals surface area contributed by atoms with Gasteiger partial charge in [-0.15, -0.1) is 0 Å². The molecule has 100 valence electrons. The van der Waals surface area contributed by atoms with E-state index in [9.17, 15) is 4.39 Å². The van der Waals surface area contributed by atoms with E-state index in [-0.39, 0.29) is 11.2 Å². The largest absolute Gasteiger partial charge is 0.343 e. The fourth-order valence-corrected chi connectivity index (χ4v) is 2.08. The zero-order chi connectivity index (χ0) is 14.2. The van der Waals surface area contributed by atoms with Gasteiger partial charge in [-0.2, -0.15) is 0 Å². The Morgan fingerprint density at radius 2 is 1.84 bits per heavy atom. The number of aryl methyl sites for hydroxylation is 1. The van der Waals surface area contributed by atoms with Crippen LogP contribution >= 0.6 is 12.2 Å². The quantitative estimate of drug-likeness (QED) is 0.774. The number of benzene rings is 1. The molecule has 0 unspecified atom stereocenters. The average molecular weight is 276 g/mol. The number of aromatic amines is 1. The van der Waals surface area contributed by atoms with Crippen molar-refractivity contribution in [1.29, 1.82) is 0 Å². The first-order valence-corrected chi connectivity index (χ1v) is 6.56. The standard InChI is InChI=1S/C15H17FN2S/c1-9-5-10(7-11(16)6-9)14-17-12(15(2,3)4)8-13(19)18-14/h5-8H,1-4H3,(H,17,18,19). The smallest absolute Gasteiger partial charge is 0.139 e. The Hall–Kier alpha value is -1.55. The van der Waals surface area contributed by atoms with E-state index < -0.39 is 0 Å². The van der Waals surface area contributed by atoms with Gasteiger partial charge in [0.25, 0.3) is 0 Å². The third kappa shape index (κ3) is 3.26. The van der Waals surface area contributed by atoms with Crippen molar-refractivity contribution >= 4 is 12.2 Å². The second-order valence-electron chi connectivity index (χ2n) is 5.75. The lowest BCUT2D eigenvalue weighted by Crippen LogP contribution is -2.14. The minimum absolute atomic E-state index is 0.0619. The normalized spacial score (nSPS) is 11.6. The molecule has 2 nitrogen and oxygen atoms in total. The minimum Gasteiger partial charge on any atom is -0.343 e. The predicted molar refractivity (Wildman–Crippen MR) is 78.3 cm³/mol. The molecule has 1 heterocycles. The van der Waals surface area contributed by atoms with E-state index in [0.717, 1.165) is 16.8 Å². The van der Waals surface area contributed by atoms with Crippen molar-refractivity contribution in [3.63, 3.8) is 0 Å². The third-order valence-corrected chi connectivity index (χ3v) is 3.08. The van der Waals surface area contributed by atoms with Gasteiger partial charge in [0.2, 0.25) is 0 Å². The van der Waals surface area contributed by atoms with Crippen LogP contribution in [-0.4, -0.2) is 9.97 Å². The van der Waals surface area contributed by atoms with Gasteiger partial charge in [0.1, 0.15) is 16.3 Å². The fraction of sp³-hybridized carbons (Fsp3) is 0.333. The maximum atomic E-state index is 13.5. The lowest BCUT2D eigenvalue weighted by Gasteiger charge is -2.19. The van der Waals surface area contributed by atoms with Crippen molar-refractivity contribution in [2.45, 2.75) is 33.1 Å². The molecule has 0 saturated carbocycles. The lowest BCUT2D eigenvalue weighted by atomic mass is 9.92. The van der Waals surface area contributed by atoms with Crippen molar-refractivity contribution in [3.8, 4) is 11.4 Å². The SMILES string of the molecule is Cc1cc(F)cc(-c2nc(=S)cc(C(C)(C)C)[nH]2)c1. The van der Waals surface area contributed by atoms with Crippen LogP contribution in [0.1, 0.15) is 32.0 Å².